The van der Waals surface area contributed by atoms with Crippen molar-refractivity contribution in [3.8, 4) is 35.7 Å². The van der Waals surface area contributed by atoms with Gasteiger partial charge in [-0.1, -0.05) is 105 Å². The summed E-state index contributed by atoms with van der Waals surface area (Å²) >= 11 is 2.70. The van der Waals surface area contributed by atoms with Crippen molar-refractivity contribution in [3.05, 3.63) is 199 Å². The molecule has 372 valence electrons. The van der Waals surface area contributed by atoms with Gasteiger partial charge in [0.15, 0.2) is 34.9 Å². The van der Waals surface area contributed by atoms with Crippen molar-refractivity contribution >= 4 is 15.9 Å². The second kappa shape index (κ2) is 26.5. The van der Waals surface area contributed by atoms with Crippen LogP contribution in [0, 0.1) is 82.4 Å². The predicted octanol–water partition coefficient (Wildman–Crippen LogP) is 17.0. The summed E-state index contributed by atoms with van der Waals surface area (Å²) in [4.78, 5) is 0. The summed E-state index contributed by atoms with van der Waals surface area (Å²) in [6.07, 6.45) is 5.32. The topological polar surface area (TPSA) is 18.5 Å². The van der Waals surface area contributed by atoms with Crippen LogP contribution in [0.5, 0.6) is 11.5 Å². The van der Waals surface area contributed by atoms with Crippen molar-refractivity contribution in [2.75, 3.05) is 0 Å². The highest BCUT2D eigenvalue weighted by atomic mass is 79.9. The first-order chi connectivity index (χ1) is 32.6. The molecule has 0 aliphatic carbocycles. The quantitative estimate of drug-likeness (QED) is 0.0468. The number of ether oxygens (including phenoxy) is 2. The minimum Gasteiger partial charge on any atom is -0.429 e. The molecule has 0 N–H and O–H groups in total. The molecule has 17 heteroatoms. The van der Waals surface area contributed by atoms with E-state index < -0.39 is 93.0 Å². The van der Waals surface area contributed by atoms with Crippen LogP contribution in [0.25, 0.3) is 0 Å². The van der Waals surface area contributed by atoms with E-state index in [0.29, 0.717) is 29.8 Å². The maximum atomic E-state index is 14.4. The molecule has 6 aromatic carbocycles. The molecule has 2 nitrogen and oxygen atoms in total. The molecule has 0 saturated carbocycles. The van der Waals surface area contributed by atoms with Gasteiger partial charge in [0, 0.05) is 45.4 Å². The van der Waals surface area contributed by atoms with Crippen LogP contribution in [-0.4, -0.2) is 0 Å². The molecule has 0 atom stereocenters. The number of aryl methyl sites for hydroxylation is 2. The lowest BCUT2D eigenvalue weighted by molar-refractivity contribution is -0.190. The minimum absolute atomic E-state index is 0. The Morgan fingerprint density at radius 3 is 1.13 bits per heavy atom. The van der Waals surface area contributed by atoms with Gasteiger partial charge in [-0.2, -0.15) is 17.6 Å². The SMILES string of the molecule is C.C#Cc1ccc(CCCCC)cc1.CCCCCc1ccc(C#Cc2cc(F)c(C(F)(F)Oc3cc(F)c(F)c(F)c3)c(F)c2)cc1.Fc1cc(OC(F)(F)c2c(F)cc(Br)cc2F)cc(F)c1F. The Kier molecular flexibility index (Phi) is 21.9. The zero-order valence-electron chi connectivity index (χ0n) is 36.5. The number of halogens is 15. The monoisotopic (exact) mass is 1060 g/mol. The Morgan fingerprint density at radius 1 is 0.457 bits per heavy atom. The van der Waals surface area contributed by atoms with Crippen LogP contribution in [0.3, 0.4) is 0 Å². The summed E-state index contributed by atoms with van der Waals surface area (Å²) in [6.45, 7) is 4.33. The van der Waals surface area contributed by atoms with Gasteiger partial charge in [-0.15, -0.1) is 6.42 Å². The summed E-state index contributed by atoms with van der Waals surface area (Å²) in [5, 5.41) is 0. The smallest absolute Gasteiger partial charge is 0.429 e. The van der Waals surface area contributed by atoms with Crippen molar-refractivity contribution in [1.29, 1.82) is 0 Å². The molecule has 0 bridgehead atoms. The molecule has 0 aliphatic rings. The third kappa shape index (κ3) is 16.6. The summed E-state index contributed by atoms with van der Waals surface area (Å²) in [5.74, 6) is -12.1. The fourth-order valence-corrected chi connectivity index (χ4v) is 6.55. The lowest BCUT2D eigenvalue weighted by atomic mass is 10.0. The fraction of sp³-hybridized carbons (Fsp3) is 0.245. The molecule has 0 aliphatic heterocycles. The maximum Gasteiger partial charge on any atom is 0.432 e. The van der Waals surface area contributed by atoms with Crippen LogP contribution >= 0.6 is 15.9 Å². The van der Waals surface area contributed by atoms with Crippen molar-refractivity contribution < 1.29 is 70.9 Å². The molecule has 70 heavy (non-hydrogen) atoms. The Hall–Kier alpha value is -6.46. The van der Waals surface area contributed by atoms with Gasteiger partial charge in [-0.3, -0.25) is 0 Å². The molecule has 0 heterocycles. The van der Waals surface area contributed by atoms with Crippen molar-refractivity contribution in [3.63, 3.8) is 0 Å². The number of benzene rings is 6. The number of unbranched alkanes of at least 4 members (excludes halogenated alkanes) is 4. The lowest BCUT2D eigenvalue weighted by Gasteiger charge is -2.19. The van der Waals surface area contributed by atoms with E-state index in [4.69, 9.17) is 6.42 Å². The third-order valence-corrected chi connectivity index (χ3v) is 10.1. The maximum absolute atomic E-state index is 14.4. The predicted molar refractivity (Wildman–Crippen MR) is 242 cm³/mol. The van der Waals surface area contributed by atoms with Crippen LogP contribution in [0.4, 0.5) is 61.5 Å². The van der Waals surface area contributed by atoms with E-state index in [1.807, 2.05) is 24.3 Å². The normalized spacial score (nSPS) is 10.9. The van der Waals surface area contributed by atoms with Crippen molar-refractivity contribution in [1.82, 2.24) is 0 Å². The molecule has 6 aromatic rings. The fourth-order valence-electron chi connectivity index (χ4n) is 6.15. The second-order valence-electron chi connectivity index (χ2n) is 14.9. The van der Waals surface area contributed by atoms with E-state index in [0.717, 1.165) is 36.8 Å². The van der Waals surface area contributed by atoms with Gasteiger partial charge < -0.3 is 9.47 Å². The molecule has 0 fully saturated rings. The minimum atomic E-state index is -4.65. The molecule has 0 saturated heterocycles. The molecule has 0 aromatic heterocycles. The lowest BCUT2D eigenvalue weighted by Crippen LogP contribution is -2.25. The van der Waals surface area contributed by atoms with Crippen molar-refractivity contribution in [2.45, 2.75) is 84.9 Å². The first-order valence-corrected chi connectivity index (χ1v) is 21.6. The molecule has 0 spiro atoms. The van der Waals surface area contributed by atoms with Crippen LogP contribution < -0.4 is 9.47 Å². The van der Waals surface area contributed by atoms with Gasteiger partial charge in [-0.05, 0) is 85.3 Å². The van der Waals surface area contributed by atoms with Gasteiger partial charge in [0.05, 0.1) is 0 Å². The van der Waals surface area contributed by atoms with E-state index in [1.54, 1.807) is 12.1 Å². The Balaban J connectivity index is 0.000000307. The van der Waals surface area contributed by atoms with Crippen LogP contribution in [0.2, 0.25) is 0 Å². The summed E-state index contributed by atoms with van der Waals surface area (Å²) in [5.41, 5.74) is 0.328. The van der Waals surface area contributed by atoms with E-state index in [2.05, 4.69) is 69.1 Å². The van der Waals surface area contributed by atoms with E-state index in [1.165, 1.54) is 31.2 Å². The average Bonchev–Trinajstić information content (AvgIpc) is 3.27. The molecular formula is C53H43BrF14O2. The Labute approximate surface area is 404 Å². The molecular weight excluding hydrogens is 1010 g/mol. The number of terminal acetylenes is 1. The summed E-state index contributed by atoms with van der Waals surface area (Å²) in [6, 6.07) is 18.4. The number of rotatable bonds is 14. The molecule has 0 radical (unpaired) electrons. The van der Waals surface area contributed by atoms with Gasteiger partial charge >= 0.3 is 12.2 Å². The number of alkyl halides is 4. The van der Waals surface area contributed by atoms with E-state index in [-0.39, 0.29) is 41.7 Å². The average molecular weight is 1060 g/mol. The molecule has 0 amide bonds. The molecule has 0 unspecified atom stereocenters. The van der Waals surface area contributed by atoms with E-state index in [9.17, 15) is 61.5 Å². The van der Waals surface area contributed by atoms with Gasteiger partial charge in [-0.25, -0.2) is 43.9 Å². The zero-order valence-corrected chi connectivity index (χ0v) is 38.0. The summed E-state index contributed by atoms with van der Waals surface area (Å²) < 4.78 is 198. The highest BCUT2D eigenvalue weighted by Gasteiger charge is 2.42. The first-order valence-electron chi connectivity index (χ1n) is 20.8. The largest absolute Gasteiger partial charge is 0.432 e. The Morgan fingerprint density at radius 2 is 0.786 bits per heavy atom. The van der Waals surface area contributed by atoms with E-state index >= 15 is 0 Å². The third-order valence-electron chi connectivity index (χ3n) is 9.60. The number of hydrogen-bond donors (Lipinski definition) is 0. The Bertz CT molecular complexity index is 2700. The van der Waals surface area contributed by atoms with Crippen LogP contribution in [0.15, 0.2) is 102 Å². The summed E-state index contributed by atoms with van der Waals surface area (Å²) in [7, 11) is 0. The highest BCUT2D eigenvalue weighted by molar-refractivity contribution is 9.10. The van der Waals surface area contributed by atoms with Gasteiger partial charge in [0.2, 0.25) is 0 Å². The highest BCUT2D eigenvalue weighted by Crippen LogP contribution is 2.38. The van der Waals surface area contributed by atoms with Gasteiger partial charge in [0.1, 0.15) is 45.9 Å². The second-order valence-corrected chi connectivity index (χ2v) is 15.8. The molecule has 6 rings (SSSR count). The standard InChI is InChI=1S/C26H19F7O.C13H4BrF7O.C13H16.CH4/c1-2-3-4-5-16-6-8-17(9-7-16)10-11-18-12-20(27)24(21(28)13-18)26(32,33)34-19-14-22(29)25(31)23(30)15-19;14-5-1-7(15)11(8(16)2-5)13(20,21)22-6-3-9(17)12(19)10(18)4-6;1-3-5-6-7-13-10-8-12(4-2)9-11-13;/h6-9,12-15H,2-5H2,1H3;1-4H;2,8-11H,3,5-7H2,1H3;1H4. The zero-order chi connectivity index (χ0) is 51.1. The van der Waals surface area contributed by atoms with Crippen LogP contribution in [-0.2, 0) is 25.1 Å². The van der Waals surface area contributed by atoms with Crippen LogP contribution in [0.1, 0.15) is 98.7 Å². The van der Waals surface area contributed by atoms with Crippen molar-refractivity contribution in [2.24, 2.45) is 0 Å². The number of hydrogen-bond acceptors (Lipinski definition) is 2. The first kappa shape index (κ1) is 57.9. The van der Waals surface area contributed by atoms with Gasteiger partial charge in [0.25, 0.3) is 0 Å².